The van der Waals surface area contributed by atoms with E-state index in [1.54, 1.807) is 24.3 Å². The molecule has 1 amide bonds. The quantitative estimate of drug-likeness (QED) is 0.531. The average Bonchev–Trinajstić information content (AvgIpc) is 2.76. The van der Waals surface area contributed by atoms with Crippen LogP contribution in [-0.2, 0) is 14.8 Å². The lowest BCUT2D eigenvalue weighted by Gasteiger charge is -2.26. The lowest BCUT2D eigenvalue weighted by molar-refractivity contribution is -0.120. The lowest BCUT2D eigenvalue weighted by atomic mass is 9.97. The van der Waals surface area contributed by atoms with Crippen LogP contribution in [0.4, 0.5) is 5.69 Å². The molecule has 0 fully saturated rings. The highest BCUT2D eigenvalue weighted by Gasteiger charge is 2.26. The van der Waals surface area contributed by atoms with Crippen LogP contribution < -0.4 is 14.4 Å². The smallest absolute Gasteiger partial charge is 0.241 e. The Balaban J connectivity index is 1.92. The SMILES string of the molecule is CCOc1ccccc1N(CC(=O)NC(c1ccccc1)c1cccc(C)c1)S(C)(=O)=O. The number of hydrogen-bond donors (Lipinski definition) is 1. The molecule has 0 bridgehead atoms. The summed E-state index contributed by atoms with van der Waals surface area (Å²) in [5, 5.41) is 3.01. The van der Waals surface area contributed by atoms with E-state index in [1.807, 2.05) is 68.4 Å². The van der Waals surface area contributed by atoms with Crippen LogP contribution in [0.1, 0.15) is 29.7 Å². The first-order chi connectivity index (χ1) is 15.3. The summed E-state index contributed by atoms with van der Waals surface area (Å²) in [6, 6.07) is 23.9. The molecule has 0 aliphatic heterocycles. The van der Waals surface area contributed by atoms with E-state index in [2.05, 4.69) is 5.32 Å². The van der Waals surface area contributed by atoms with Crippen LogP contribution in [-0.4, -0.2) is 33.7 Å². The maximum atomic E-state index is 13.1. The van der Waals surface area contributed by atoms with Crippen molar-refractivity contribution in [3.63, 3.8) is 0 Å². The first-order valence-corrected chi connectivity index (χ1v) is 12.2. The summed E-state index contributed by atoms with van der Waals surface area (Å²) in [6.45, 7) is 3.83. The van der Waals surface area contributed by atoms with Gasteiger partial charge in [-0.25, -0.2) is 8.42 Å². The van der Waals surface area contributed by atoms with Gasteiger partial charge in [0.25, 0.3) is 0 Å². The van der Waals surface area contributed by atoms with Gasteiger partial charge in [0.2, 0.25) is 15.9 Å². The van der Waals surface area contributed by atoms with E-state index in [-0.39, 0.29) is 6.54 Å². The summed E-state index contributed by atoms with van der Waals surface area (Å²) in [5.74, 6) is -0.0106. The summed E-state index contributed by atoms with van der Waals surface area (Å²) >= 11 is 0. The summed E-state index contributed by atoms with van der Waals surface area (Å²) in [7, 11) is -3.73. The Kier molecular flexibility index (Phi) is 7.53. The van der Waals surface area contributed by atoms with Crippen LogP contribution in [0.5, 0.6) is 5.75 Å². The molecule has 0 radical (unpaired) electrons. The number of carbonyl (C=O) groups excluding carboxylic acids is 1. The third-order valence-corrected chi connectivity index (χ3v) is 6.06. The van der Waals surface area contributed by atoms with E-state index < -0.39 is 22.0 Å². The molecule has 0 aromatic heterocycles. The number of nitrogens with one attached hydrogen (secondary N) is 1. The minimum absolute atomic E-state index is 0.332. The van der Waals surface area contributed by atoms with Crippen LogP contribution in [0.3, 0.4) is 0 Å². The number of ether oxygens (including phenoxy) is 1. The Labute approximate surface area is 189 Å². The monoisotopic (exact) mass is 452 g/mol. The third kappa shape index (κ3) is 5.88. The van der Waals surface area contributed by atoms with Gasteiger partial charge >= 0.3 is 0 Å². The number of sulfonamides is 1. The van der Waals surface area contributed by atoms with Crippen LogP contribution >= 0.6 is 0 Å². The van der Waals surface area contributed by atoms with Crippen molar-refractivity contribution >= 4 is 21.6 Å². The number of aryl methyl sites for hydroxylation is 1. The molecule has 32 heavy (non-hydrogen) atoms. The normalized spacial score (nSPS) is 12.1. The fourth-order valence-electron chi connectivity index (χ4n) is 3.51. The van der Waals surface area contributed by atoms with Crippen LogP contribution in [0.15, 0.2) is 78.9 Å². The molecule has 1 N–H and O–H groups in total. The van der Waals surface area contributed by atoms with Crippen molar-refractivity contribution in [2.24, 2.45) is 0 Å². The first-order valence-electron chi connectivity index (χ1n) is 10.4. The second-order valence-electron chi connectivity index (χ2n) is 7.50. The number of amides is 1. The Morgan fingerprint density at radius 1 is 0.969 bits per heavy atom. The maximum absolute atomic E-state index is 13.1. The van der Waals surface area contributed by atoms with E-state index >= 15 is 0 Å². The van der Waals surface area contributed by atoms with Gasteiger partial charge < -0.3 is 10.1 Å². The Morgan fingerprint density at radius 2 is 1.62 bits per heavy atom. The lowest BCUT2D eigenvalue weighted by Crippen LogP contribution is -2.42. The molecular weight excluding hydrogens is 424 g/mol. The van der Waals surface area contributed by atoms with Gasteiger partial charge in [0.1, 0.15) is 12.3 Å². The van der Waals surface area contributed by atoms with E-state index in [1.165, 1.54) is 0 Å². The molecular formula is C25H28N2O4S. The molecule has 0 heterocycles. The Hall–Kier alpha value is -3.32. The fourth-order valence-corrected chi connectivity index (χ4v) is 4.37. The maximum Gasteiger partial charge on any atom is 0.241 e. The van der Waals surface area contributed by atoms with Gasteiger partial charge in [0, 0.05) is 0 Å². The van der Waals surface area contributed by atoms with Gasteiger partial charge in [0.15, 0.2) is 0 Å². The molecule has 0 aliphatic rings. The Morgan fingerprint density at radius 3 is 2.28 bits per heavy atom. The zero-order chi connectivity index (χ0) is 23.1. The summed E-state index contributed by atoms with van der Waals surface area (Å²) in [5.41, 5.74) is 3.23. The van der Waals surface area contributed by atoms with Gasteiger partial charge in [-0.15, -0.1) is 0 Å². The van der Waals surface area contributed by atoms with Crippen molar-refractivity contribution in [3.8, 4) is 5.75 Å². The Bertz CT molecular complexity index is 1160. The standard InChI is InChI=1S/C25H28N2O4S/c1-4-31-23-16-9-8-15-22(23)27(32(3,29)30)18-24(28)26-25(20-12-6-5-7-13-20)21-14-10-11-19(2)17-21/h5-17,25H,4,18H2,1-3H3,(H,26,28). The van der Waals surface area contributed by atoms with Crippen molar-refractivity contribution in [2.75, 3.05) is 23.7 Å². The van der Waals surface area contributed by atoms with Crippen molar-refractivity contribution in [1.82, 2.24) is 5.32 Å². The molecule has 3 aromatic rings. The largest absolute Gasteiger partial charge is 0.492 e. The van der Waals surface area contributed by atoms with Crippen molar-refractivity contribution in [2.45, 2.75) is 19.9 Å². The highest BCUT2D eigenvalue weighted by Crippen LogP contribution is 2.30. The predicted molar refractivity (Wildman–Crippen MR) is 127 cm³/mol. The second-order valence-corrected chi connectivity index (χ2v) is 9.40. The van der Waals surface area contributed by atoms with E-state index in [4.69, 9.17) is 4.74 Å². The van der Waals surface area contributed by atoms with Gasteiger partial charge in [-0.05, 0) is 37.1 Å². The number of anilines is 1. The number of rotatable bonds is 9. The van der Waals surface area contributed by atoms with Crippen LogP contribution in [0, 0.1) is 6.92 Å². The van der Waals surface area contributed by atoms with Gasteiger partial charge in [-0.2, -0.15) is 0 Å². The van der Waals surface area contributed by atoms with Gasteiger partial charge in [-0.3, -0.25) is 9.10 Å². The molecule has 7 heteroatoms. The molecule has 0 saturated carbocycles. The highest BCUT2D eigenvalue weighted by molar-refractivity contribution is 7.92. The molecule has 168 valence electrons. The zero-order valence-electron chi connectivity index (χ0n) is 18.5. The predicted octanol–water partition coefficient (Wildman–Crippen LogP) is 4.07. The fraction of sp³-hybridized carbons (Fsp3) is 0.240. The molecule has 3 rings (SSSR count). The minimum Gasteiger partial charge on any atom is -0.492 e. The van der Waals surface area contributed by atoms with E-state index in [0.717, 1.165) is 27.3 Å². The number of hydrogen-bond acceptors (Lipinski definition) is 4. The number of benzene rings is 3. The van der Waals surface area contributed by atoms with Gasteiger partial charge in [0.05, 0.1) is 24.6 Å². The molecule has 3 aromatic carbocycles. The zero-order valence-corrected chi connectivity index (χ0v) is 19.3. The minimum atomic E-state index is -3.73. The molecule has 6 nitrogen and oxygen atoms in total. The third-order valence-electron chi connectivity index (χ3n) is 4.94. The number of nitrogens with zero attached hydrogens (tertiary/aromatic N) is 1. The molecule has 0 aliphatic carbocycles. The molecule has 1 unspecified atom stereocenters. The van der Waals surface area contributed by atoms with Gasteiger partial charge in [-0.1, -0.05) is 72.3 Å². The summed E-state index contributed by atoms with van der Waals surface area (Å²) in [4.78, 5) is 13.1. The number of carbonyl (C=O) groups is 1. The van der Waals surface area contributed by atoms with Crippen LogP contribution in [0.25, 0.3) is 0 Å². The second kappa shape index (κ2) is 10.3. The molecule has 0 spiro atoms. The average molecular weight is 453 g/mol. The van der Waals surface area contributed by atoms with Crippen molar-refractivity contribution < 1.29 is 17.9 Å². The van der Waals surface area contributed by atoms with Crippen molar-refractivity contribution in [1.29, 1.82) is 0 Å². The first kappa shape index (κ1) is 23.3. The highest BCUT2D eigenvalue weighted by atomic mass is 32.2. The van der Waals surface area contributed by atoms with Crippen LogP contribution in [0.2, 0.25) is 0 Å². The van der Waals surface area contributed by atoms with Crippen molar-refractivity contribution in [3.05, 3.63) is 95.6 Å². The summed E-state index contributed by atoms with van der Waals surface area (Å²) < 4.78 is 31.8. The van der Waals surface area contributed by atoms with E-state index in [0.29, 0.717) is 18.0 Å². The molecule has 0 saturated heterocycles. The number of para-hydroxylation sites is 2. The molecule has 1 atom stereocenters. The summed E-state index contributed by atoms with van der Waals surface area (Å²) in [6.07, 6.45) is 1.08. The van der Waals surface area contributed by atoms with E-state index in [9.17, 15) is 13.2 Å². The topological polar surface area (TPSA) is 75.7 Å².